The molecule has 0 heterocycles. The van der Waals surface area contributed by atoms with Crippen LogP contribution in [0.2, 0.25) is 10.0 Å². The van der Waals surface area contributed by atoms with Gasteiger partial charge in [0.25, 0.3) is 0 Å². The highest BCUT2D eigenvalue weighted by Crippen LogP contribution is 2.28. The number of amides is 1. The zero-order chi connectivity index (χ0) is 15.3. The van der Waals surface area contributed by atoms with E-state index in [4.69, 9.17) is 23.2 Å². The summed E-state index contributed by atoms with van der Waals surface area (Å²) in [5, 5.41) is 10.1. The van der Waals surface area contributed by atoms with E-state index in [1.807, 2.05) is 6.92 Å². The minimum atomic E-state index is -1.04. The van der Waals surface area contributed by atoms with Gasteiger partial charge in [-0.1, -0.05) is 43.0 Å². The van der Waals surface area contributed by atoms with E-state index < -0.39 is 12.0 Å². The second-order valence-corrected chi connectivity index (χ2v) is 5.39. The van der Waals surface area contributed by atoms with E-state index in [0.717, 1.165) is 12.8 Å². The molecule has 0 aliphatic rings. The number of carboxylic acids is 1. The molecule has 0 spiro atoms. The minimum Gasteiger partial charge on any atom is -0.480 e. The van der Waals surface area contributed by atoms with Gasteiger partial charge < -0.3 is 5.11 Å². The Morgan fingerprint density at radius 1 is 1.25 bits per heavy atom. The van der Waals surface area contributed by atoms with Crippen LogP contribution in [0.25, 0.3) is 0 Å². The number of carbonyl (C=O) groups is 2. The van der Waals surface area contributed by atoms with Crippen LogP contribution in [0, 0.1) is 0 Å². The van der Waals surface area contributed by atoms with Gasteiger partial charge >= 0.3 is 5.97 Å². The average Bonchev–Trinajstić information content (AvgIpc) is 2.31. The van der Waals surface area contributed by atoms with E-state index in [1.165, 1.54) is 30.0 Å². The molecule has 0 aliphatic heterocycles. The summed E-state index contributed by atoms with van der Waals surface area (Å²) in [6.45, 7) is 3.30. The minimum absolute atomic E-state index is 0.355. The van der Waals surface area contributed by atoms with Crippen LogP contribution in [0.5, 0.6) is 0 Å². The Labute approximate surface area is 128 Å². The van der Waals surface area contributed by atoms with Gasteiger partial charge in [0.1, 0.15) is 6.04 Å². The Bertz CT molecular complexity index is 485. The zero-order valence-electron chi connectivity index (χ0n) is 11.4. The first kappa shape index (κ1) is 16.8. The fraction of sp³-hybridized carbons (Fsp3) is 0.429. The monoisotopic (exact) mass is 317 g/mol. The largest absolute Gasteiger partial charge is 0.480 e. The van der Waals surface area contributed by atoms with Gasteiger partial charge in [-0.3, -0.25) is 9.69 Å². The Morgan fingerprint density at radius 3 is 2.20 bits per heavy atom. The molecule has 1 aromatic rings. The van der Waals surface area contributed by atoms with Crippen LogP contribution in [0.15, 0.2) is 18.2 Å². The number of benzene rings is 1. The van der Waals surface area contributed by atoms with Gasteiger partial charge in [0.05, 0.1) is 0 Å². The van der Waals surface area contributed by atoms with Gasteiger partial charge in [0, 0.05) is 22.7 Å². The molecule has 0 aliphatic carbocycles. The van der Waals surface area contributed by atoms with E-state index in [1.54, 1.807) is 0 Å². The van der Waals surface area contributed by atoms with Crippen molar-refractivity contribution < 1.29 is 14.7 Å². The van der Waals surface area contributed by atoms with E-state index in [2.05, 4.69) is 0 Å². The number of unbranched alkanes of at least 4 members (excludes halogenated alkanes) is 1. The molecule has 0 fully saturated rings. The number of anilines is 1. The summed E-state index contributed by atoms with van der Waals surface area (Å²) in [5.74, 6) is -1.39. The topological polar surface area (TPSA) is 57.6 Å². The lowest BCUT2D eigenvalue weighted by atomic mass is 10.1. The van der Waals surface area contributed by atoms with Crippen LogP contribution in [0.1, 0.15) is 33.1 Å². The average molecular weight is 318 g/mol. The molecule has 6 heteroatoms. The maximum absolute atomic E-state index is 11.9. The molecule has 0 saturated carbocycles. The third kappa shape index (κ3) is 4.39. The number of carboxylic acid groups (broad SMARTS) is 1. The molecule has 0 bridgehead atoms. The van der Waals surface area contributed by atoms with Gasteiger partial charge in [-0.2, -0.15) is 0 Å². The highest BCUT2D eigenvalue weighted by molar-refractivity contribution is 6.35. The Kier molecular flexibility index (Phi) is 6.30. The fourth-order valence-electron chi connectivity index (χ4n) is 2.02. The van der Waals surface area contributed by atoms with Gasteiger partial charge in [-0.25, -0.2) is 4.79 Å². The van der Waals surface area contributed by atoms with E-state index in [0.29, 0.717) is 22.2 Å². The molecule has 0 aromatic heterocycles. The summed E-state index contributed by atoms with van der Waals surface area (Å²) in [7, 11) is 0. The Morgan fingerprint density at radius 2 is 1.80 bits per heavy atom. The predicted octanol–water partition coefficient (Wildman–Crippen LogP) is 3.99. The van der Waals surface area contributed by atoms with Crippen molar-refractivity contribution in [1.82, 2.24) is 0 Å². The van der Waals surface area contributed by atoms with Crippen LogP contribution < -0.4 is 4.90 Å². The molecule has 1 aromatic carbocycles. The number of nitrogens with zero attached hydrogens (tertiary/aromatic N) is 1. The van der Waals surface area contributed by atoms with Crippen molar-refractivity contribution in [3.63, 3.8) is 0 Å². The van der Waals surface area contributed by atoms with E-state index in [-0.39, 0.29) is 5.91 Å². The summed E-state index contributed by atoms with van der Waals surface area (Å²) in [6, 6.07) is 3.70. The molecule has 1 rings (SSSR count). The molecule has 20 heavy (non-hydrogen) atoms. The second-order valence-electron chi connectivity index (χ2n) is 4.51. The molecule has 1 amide bonds. The molecule has 110 valence electrons. The van der Waals surface area contributed by atoms with Crippen molar-refractivity contribution in [2.45, 2.75) is 39.2 Å². The molecule has 4 nitrogen and oxygen atoms in total. The highest BCUT2D eigenvalue weighted by Gasteiger charge is 2.28. The summed E-state index contributed by atoms with van der Waals surface area (Å²) < 4.78 is 0. The lowest BCUT2D eigenvalue weighted by Gasteiger charge is -2.28. The third-order valence-electron chi connectivity index (χ3n) is 2.89. The first-order valence-electron chi connectivity index (χ1n) is 6.35. The number of carbonyl (C=O) groups excluding carboxylic acids is 1. The lowest BCUT2D eigenvalue weighted by Crippen LogP contribution is -2.44. The van der Waals surface area contributed by atoms with Crippen molar-refractivity contribution in [3.8, 4) is 0 Å². The summed E-state index contributed by atoms with van der Waals surface area (Å²) in [4.78, 5) is 24.5. The summed E-state index contributed by atoms with van der Waals surface area (Å²) in [6.07, 6.45) is 1.95. The second kappa shape index (κ2) is 7.50. The predicted molar refractivity (Wildman–Crippen MR) is 80.6 cm³/mol. The van der Waals surface area contributed by atoms with Crippen molar-refractivity contribution in [1.29, 1.82) is 0 Å². The van der Waals surface area contributed by atoms with Gasteiger partial charge in [0.15, 0.2) is 0 Å². The Balaban J connectivity index is 3.20. The van der Waals surface area contributed by atoms with E-state index >= 15 is 0 Å². The summed E-state index contributed by atoms with van der Waals surface area (Å²) >= 11 is 11.8. The molecule has 0 radical (unpaired) electrons. The first-order valence-corrected chi connectivity index (χ1v) is 7.11. The number of hydrogen-bond donors (Lipinski definition) is 1. The van der Waals surface area contributed by atoms with Crippen LogP contribution in [0.4, 0.5) is 5.69 Å². The highest BCUT2D eigenvalue weighted by atomic mass is 35.5. The van der Waals surface area contributed by atoms with Crippen LogP contribution in [-0.4, -0.2) is 23.0 Å². The number of halogens is 2. The van der Waals surface area contributed by atoms with Crippen molar-refractivity contribution in [3.05, 3.63) is 28.2 Å². The van der Waals surface area contributed by atoms with Crippen LogP contribution in [-0.2, 0) is 9.59 Å². The Hall–Kier alpha value is -1.26. The van der Waals surface area contributed by atoms with Crippen LogP contribution >= 0.6 is 23.2 Å². The van der Waals surface area contributed by atoms with Crippen molar-refractivity contribution in [2.24, 2.45) is 0 Å². The quantitative estimate of drug-likeness (QED) is 0.863. The maximum Gasteiger partial charge on any atom is 0.326 e. The normalized spacial score (nSPS) is 12.0. The fourth-order valence-corrected chi connectivity index (χ4v) is 2.53. The standard InChI is InChI=1S/C14H17Cl2NO3/c1-3-4-5-13(14(19)20)17(9(2)18)12-7-10(15)6-11(16)8-12/h6-8,13H,3-5H2,1-2H3,(H,19,20). The van der Waals surface area contributed by atoms with Gasteiger partial charge in [-0.15, -0.1) is 0 Å². The molecule has 1 unspecified atom stereocenters. The van der Waals surface area contributed by atoms with Gasteiger partial charge in [0.2, 0.25) is 5.91 Å². The third-order valence-corrected chi connectivity index (χ3v) is 3.33. The molecular weight excluding hydrogens is 301 g/mol. The number of hydrogen-bond acceptors (Lipinski definition) is 2. The molecule has 1 N–H and O–H groups in total. The molecule has 1 atom stereocenters. The van der Waals surface area contributed by atoms with Crippen molar-refractivity contribution in [2.75, 3.05) is 4.90 Å². The SMILES string of the molecule is CCCCC(C(=O)O)N(C(C)=O)c1cc(Cl)cc(Cl)c1. The molecule has 0 saturated heterocycles. The summed E-state index contributed by atoms with van der Waals surface area (Å²) in [5.41, 5.74) is 0.401. The smallest absolute Gasteiger partial charge is 0.326 e. The van der Waals surface area contributed by atoms with Gasteiger partial charge in [-0.05, 0) is 24.6 Å². The zero-order valence-corrected chi connectivity index (χ0v) is 12.9. The first-order chi connectivity index (χ1) is 9.36. The van der Waals surface area contributed by atoms with Crippen LogP contribution in [0.3, 0.4) is 0 Å². The maximum atomic E-state index is 11.9. The van der Waals surface area contributed by atoms with Crippen molar-refractivity contribution >= 4 is 40.8 Å². The number of rotatable bonds is 6. The lowest BCUT2D eigenvalue weighted by molar-refractivity contribution is -0.140. The number of aliphatic carboxylic acids is 1. The molecular formula is C14H17Cl2NO3. The van der Waals surface area contributed by atoms with E-state index in [9.17, 15) is 14.7 Å².